The Kier molecular flexibility index (Phi) is 2.10. The Labute approximate surface area is 79.9 Å². The van der Waals surface area contributed by atoms with E-state index in [0.29, 0.717) is 11.3 Å². The Morgan fingerprint density at radius 1 is 1.21 bits per heavy atom. The summed E-state index contributed by atoms with van der Waals surface area (Å²) in [4.78, 5) is 7.72. The lowest BCUT2D eigenvalue weighted by Crippen LogP contribution is -1.85. The van der Waals surface area contributed by atoms with E-state index in [1.165, 1.54) is 18.5 Å². The first kappa shape index (κ1) is 8.62. The molecule has 0 atom stereocenters. The van der Waals surface area contributed by atoms with Gasteiger partial charge < -0.3 is 5.11 Å². The van der Waals surface area contributed by atoms with E-state index in [4.69, 9.17) is 5.11 Å². The summed E-state index contributed by atoms with van der Waals surface area (Å²) in [6.45, 7) is 0. The second kappa shape index (κ2) is 3.41. The lowest BCUT2D eigenvalue weighted by Gasteiger charge is -2.00. The monoisotopic (exact) mass is 190 g/mol. The number of phenolic OH excluding ortho intramolecular Hbond substituents is 1. The maximum Gasteiger partial charge on any atom is 0.165 e. The third-order valence-corrected chi connectivity index (χ3v) is 1.83. The fraction of sp³-hybridized carbons (Fsp3) is 0. The Balaban J connectivity index is 2.48. The van der Waals surface area contributed by atoms with Crippen molar-refractivity contribution in [1.82, 2.24) is 9.97 Å². The van der Waals surface area contributed by atoms with E-state index in [-0.39, 0.29) is 5.75 Å². The zero-order chi connectivity index (χ0) is 9.97. The summed E-state index contributed by atoms with van der Waals surface area (Å²) in [6.07, 6.45) is 2.97. The van der Waals surface area contributed by atoms with Gasteiger partial charge in [0.05, 0.1) is 5.69 Å². The molecule has 4 heteroatoms. The van der Waals surface area contributed by atoms with Crippen LogP contribution >= 0.6 is 0 Å². The van der Waals surface area contributed by atoms with E-state index >= 15 is 0 Å². The number of benzene rings is 1. The van der Waals surface area contributed by atoms with E-state index in [1.807, 2.05) is 0 Å². The number of halogens is 1. The first-order chi connectivity index (χ1) is 6.77. The highest BCUT2D eigenvalue weighted by Crippen LogP contribution is 2.22. The van der Waals surface area contributed by atoms with Gasteiger partial charge in [-0.15, -0.1) is 0 Å². The van der Waals surface area contributed by atoms with Crippen molar-refractivity contribution >= 4 is 0 Å². The molecular weight excluding hydrogens is 183 g/mol. The molecule has 0 saturated carbocycles. The molecule has 0 bridgehead atoms. The van der Waals surface area contributed by atoms with Gasteiger partial charge in [-0.1, -0.05) is 0 Å². The third kappa shape index (κ3) is 1.54. The van der Waals surface area contributed by atoms with Gasteiger partial charge in [-0.25, -0.2) is 14.4 Å². The van der Waals surface area contributed by atoms with Gasteiger partial charge in [0.25, 0.3) is 0 Å². The van der Waals surface area contributed by atoms with Crippen LogP contribution in [0.1, 0.15) is 0 Å². The van der Waals surface area contributed by atoms with Crippen LogP contribution in [0.25, 0.3) is 11.3 Å². The standard InChI is InChI=1S/C10H7FN2O/c11-8-5-7(1-2-10(8)14)9-3-4-12-6-13-9/h1-6,14H. The van der Waals surface area contributed by atoms with Crippen LogP contribution in [-0.2, 0) is 0 Å². The van der Waals surface area contributed by atoms with Crippen molar-refractivity contribution in [3.05, 3.63) is 42.6 Å². The van der Waals surface area contributed by atoms with E-state index in [0.717, 1.165) is 0 Å². The average molecular weight is 190 g/mol. The van der Waals surface area contributed by atoms with E-state index in [1.54, 1.807) is 18.3 Å². The number of hydrogen-bond acceptors (Lipinski definition) is 3. The van der Waals surface area contributed by atoms with Crippen LogP contribution in [0.15, 0.2) is 36.8 Å². The fourth-order valence-corrected chi connectivity index (χ4v) is 1.13. The zero-order valence-corrected chi connectivity index (χ0v) is 7.18. The summed E-state index contributed by atoms with van der Waals surface area (Å²) in [5.74, 6) is -1.01. The highest BCUT2D eigenvalue weighted by molar-refractivity contribution is 5.59. The highest BCUT2D eigenvalue weighted by Gasteiger charge is 2.03. The van der Waals surface area contributed by atoms with Crippen LogP contribution < -0.4 is 0 Å². The predicted octanol–water partition coefficient (Wildman–Crippen LogP) is 1.99. The summed E-state index contributed by atoms with van der Waals surface area (Å²) < 4.78 is 13.0. The van der Waals surface area contributed by atoms with Crippen molar-refractivity contribution in [2.45, 2.75) is 0 Å². The van der Waals surface area contributed by atoms with E-state index in [2.05, 4.69) is 9.97 Å². The fourth-order valence-electron chi connectivity index (χ4n) is 1.13. The van der Waals surface area contributed by atoms with Crippen LogP contribution in [0, 0.1) is 5.82 Å². The predicted molar refractivity (Wildman–Crippen MR) is 49.1 cm³/mol. The maximum absolute atomic E-state index is 13.0. The van der Waals surface area contributed by atoms with Crippen molar-refractivity contribution in [1.29, 1.82) is 0 Å². The third-order valence-electron chi connectivity index (χ3n) is 1.83. The van der Waals surface area contributed by atoms with Gasteiger partial charge in [-0.05, 0) is 24.3 Å². The maximum atomic E-state index is 13.0. The molecule has 0 amide bonds. The minimum Gasteiger partial charge on any atom is -0.505 e. The molecule has 0 spiro atoms. The van der Waals surface area contributed by atoms with Gasteiger partial charge >= 0.3 is 0 Å². The van der Waals surface area contributed by atoms with Gasteiger partial charge in [0, 0.05) is 11.8 Å². The molecule has 2 aromatic rings. The zero-order valence-electron chi connectivity index (χ0n) is 7.18. The van der Waals surface area contributed by atoms with Gasteiger partial charge in [0.15, 0.2) is 11.6 Å². The highest BCUT2D eigenvalue weighted by atomic mass is 19.1. The molecule has 3 nitrogen and oxygen atoms in total. The molecule has 1 aromatic heterocycles. The molecule has 1 aromatic carbocycles. The summed E-state index contributed by atoms with van der Waals surface area (Å²) >= 11 is 0. The number of rotatable bonds is 1. The number of aromatic nitrogens is 2. The molecular formula is C10H7FN2O. The molecule has 0 aliphatic heterocycles. The molecule has 1 N–H and O–H groups in total. The second-order valence-electron chi connectivity index (χ2n) is 2.76. The Morgan fingerprint density at radius 2 is 2.07 bits per heavy atom. The smallest absolute Gasteiger partial charge is 0.165 e. The van der Waals surface area contributed by atoms with Crippen molar-refractivity contribution < 1.29 is 9.50 Å². The summed E-state index contributed by atoms with van der Waals surface area (Å²) in [7, 11) is 0. The number of nitrogens with zero attached hydrogens (tertiary/aromatic N) is 2. The van der Waals surface area contributed by atoms with Gasteiger partial charge in [0.1, 0.15) is 6.33 Å². The minimum absolute atomic E-state index is 0.359. The van der Waals surface area contributed by atoms with E-state index < -0.39 is 5.82 Å². The first-order valence-corrected chi connectivity index (χ1v) is 4.02. The van der Waals surface area contributed by atoms with Crippen LogP contribution in [0.2, 0.25) is 0 Å². The largest absolute Gasteiger partial charge is 0.505 e. The molecule has 70 valence electrons. The number of aromatic hydroxyl groups is 1. The summed E-state index contributed by atoms with van der Waals surface area (Å²) in [6, 6.07) is 5.80. The number of hydrogen-bond donors (Lipinski definition) is 1. The number of phenols is 1. The van der Waals surface area contributed by atoms with Crippen molar-refractivity contribution in [3.8, 4) is 17.0 Å². The van der Waals surface area contributed by atoms with Gasteiger partial charge in [-0.2, -0.15) is 0 Å². The molecule has 2 rings (SSSR count). The Bertz CT molecular complexity index is 445. The molecule has 0 aliphatic carbocycles. The normalized spacial score (nSPS) is 10.1. The lowest BCUT2D eigenvalue weighted by atomic mass is 10.1. The van der Waals surface area contributed by atoms with Crippen LogP contribution in [0.3, 0.4) is 0 Å². The lowest BCUT2D eigenvalue weighted by molar-refractivity contribution is 0.432. The molecule has 0 unspecified atom stereocenters. The molecule has 0 aliphatic rings. The second-order valence-corrected chi connectivity index (χ2v) is 2.76. The van der Waals surface area contributed by atoms with Crippen molar-refractivity contribution in [2.75, 3.05) is 0 Å². The molecule has 1 heterocycles. The van der Waals surface area contributed by atoms with E-state index in [9.17, 15) is 4.39 Å². The SMILES string of the molecule is Oc1ccc(-c2ccncn2)cc1F. The molecule has 0 fully saturated rings. The molecule has 0 saturated heterocycles. The molecule has 14 heavy (non-hydrogen) atoms. The first-order valence-electron chi connectivity index (χ1n) is 4.02. The van der Waals surface area contributed by atoms with Gasteiger partial charge in [-0.3, -0.25) is 0 Å². The van der Waals surface area contributed by atoms with Crippen LogP contribution in [0.5, 0.6) is 5.75 Å². The summed E-state index contributed by atoms with van der Waals surface area (Å²) in [5.41, 5.74) is 1.24. The summed E-state index contributed by atoms with van der Waals surface area (Å²) in [5, 5.41) is 8.98. The van der Waals surface area contributed by atoms with Crippen molar-refractivity contribution in [3.63, 3.8) is 0 Å². The topological polar surface area (TPSA) is 46.0 Å². The quantitative estimate of drug-likeness (QED) is 0.747. The minimum atomic E-state index is -0.652. The Hall–Kier alpha value is -1.97. The Morgan fingerprint density at radius 3 is 2.71 bits per heavy atom. The van der Waals surface area contributed by atoms with Crippen LogP contribution in [0.4, 0.5) is 4.39 Å². The van der Waals surface area contributed by atoms with Crippen LogP contribution in [-0.4, -0.2) is 15.1 Å². The molecule has 0 radical (unpaired) electrons. The van der Waals surface area contributed by atoms with Gasteiger partial charge in [0.2, 0.25) is 0 Å². The average Bonchev–Trinajstić information content (AvgIpc) is 2.23. The van der Waals surface area contributed by atoms with Crippen molar-refractivity contribution in [2.24, 2.45) is 0 Å².